The fraction of sp³-hybridized carbons (Fsp3) is 0.0667. The number of hydrogen-bond acceptors (Lipinski definition) is 1. The lowest BCUT2D eigenvalue weighted by molar-refractivity contribution is 0.745. The van der Waals surface area contributed by atoms with Crippen molar-refractivity contribution in [1.82, 2.24) is 13.7 Å². The highest BCUT2D eigenvalue weighted by Crippen LogP contribution is 2.49. The van der Waals surface area contributed by atoms with Crippen LogP contribution >= 0.6 is 0 Å². The fourth-order valence-corrected chi connectivity index (χ4v) is 11.5. The zero-order valence-corrected chi connectivity index (χ0v) is 35.1. The standard InChI is InChI=1S/C60H42N4/c1-9-21-55-45(13-1)46-14-2-10-22-56(46)63(55)43-33-35-51-49-17-5-7-19-53(49)61(59(51)37-43)41-29-25-39(26-30-41)40-27-31-42(32-28-40)62-54-20-8-6-18-50(54)52-36-34-44(38-60(52)62)64-57-23-11-3-15-47(57)48-16-4-12-24-58(48)64/h1-33,35,37-38,45,55H,34,36H2. The molecular formula is C60H42N4. The van der Waals surface area contributed by atoms with Crippen LogP contribution in [0.2, 0.25) is 0 Å². The van der Waals surface area contributed by atoms with Crippen molar-refractivity contribution in [3.05, 3.63) is 229 Å². The first-order valence-corrected chi connectivity index (χ1v) is 22.6. The monoisotopic (exact) mass is 818 g/mol. The van der Waals surface area contributed by atoms with Gasteiger partial charge in [0.2, 0.25) is 0 Å². The van der Waals surface area contributed by atoms with E-state index < -0.39 is 0 Å². The molecule has 14 rings (SSSR count). The minimum absolute atomic E-state index is 0.255. The molecule has 0 saturated carbocycles. The van der Waals surface area contributed by atoms with Gasteiger partial charge in [-0.05, 0) is 108 Å². The second-order valence-corrected chi connectivity index (χ2v) is 17.6. The molecule has 8 aromatic carbocycles. The van der Waals surface area contributed by atoms with Gasteiger partial charge in [0, 0.05) is 61.3 Å². The van der Waals surface area contributed by atoms with E-state index in [1.54, 1.807) is 0 Å². The van der Waals surface area contributed by atoms with E-state index in [-0.39, 0.29) is 6.04 Å². The normalized spacial score (nSPS) is 16.6. The highest BCUT2D eigenvalue weighted by Gasteiger charge is 2.37. The van der Waals surface area contributed by atoms with Crippen molar-refractivity contribution >= 4 is 77.7 Å². The highest BCUT2D eigenvalue weighted by molar-refractivity contribution is 6.12. The van der Waals surface area contributed by atoms with E-state index >= 15 is 0 Å². The molecule has 0 fully saturated rings. The average Bonchev–Trinajstić information content (AvgIpc) is 4.09. The van der Waals surface area contributed by atoms with Gasteiger partial charge in [0.15, 0.2) is 0 Å². The van der Waals surface area contributed by atoms with Crippen LogP contribution in [0.1, 0.15) is 29.2 Å². The molecule has 4 heterocycles. The molecule has 0 spiro atoms. The number of rotatable bonds is 5. The molecule has 0 amide bonds. The minimum atomic E-state index is 0.255. The summed E-state index contributed by atoms with van der Waals surface area (Å²) in [6.07, 6.45) is 13.5. The summed E-state index contributed by atoms with van der Waals surface area (Å²) in [6, 6.07) is 69.9. The maximum atomic E-state index is 2.53. The van der Waals surface area contributed by atoms with Crippen LogP contribution in [-0.2, 0) is 6.42 Å². The quantitative estimate of drug-likeness (QED) is 0.169. The van der Waals surface area contributed by atoms with E-state index in [0.29, 0.717) is 5.92 Å². The van der Waals surface area contributed by atoms with E-state index in [1.807, 2.05) is 0 Å². The van der Waals surface area contributed by atoms with Crippen molar-refractivity contribution in [2.24, 2.45) is 0 Å². The molecule has 0 radical (unpaired) electrons. The summed E-state index contributed by atoms with van der Waals surface area (Å²) in [5.41, 5.74) is 18.8. The Bertz CT molecular complexity index is 3740. The maximum Gasteiger partial charge on any atom is 0.0629 e. The lowest BCUT2D eigenvalue weighted by Gasteiger charge is -2.29. The predicted molar refractivity (Wildman–Crippen MR) is 268 cm³/mol. The number of fused-ring (bicyclic) bond motifs is 12. The van der Waals surface area contributed by atoms with Gasteiger partial charge >= 0.3 is 0 Å². The highest BCUT2D eigenvalue weighted by atomic mass is 15.2. The van der Waals surface area contributed by atoms with Crippen molar-refractivity contribution in [1.29, 1.82) is 0 Å². The number of benzene rings is 8. The number of aromatic nitrogens is 3. The molecule has 1 aliphatic heterocycles. The van der Waals surface area contributed by atoms with E-state index in [4.69, 9.17) is 0 Å². The number of nitrogens with zero attached hydrogens (tertiary/aromatic N) is 4. The first-order chi connectivity index (χ1) is 31.8. The summed E-state index contributed by atoms with van der Waals surface area (Å²) in [5.74, 6) is 0.347. The van der Waals surface area contributed by atoms with Gasteiger partial charge in [-0.25, -0.2) is 0 Å². The van der Waals surface area contributed by atoms with Crippen LogP contribution in [0.3, 0.4) is 0 Å². The van der Waals surface area contributed by atoms with E-state index in [1.165, 1.54) is 105 Å². The third-order valence-electron chi connectivity index (χ3n) is 14.3. The van der Waals surface area contributed by atoms with Crippen LogP contribution in [-0.4, -0.2) is 19.7 Å². The molecule has 2 atom stereocenters. The average molecular weight is 819 g/mol. The summed E-state index contributed by atoms with van der Waals surface area (Å²) < 4.78 is 7.41. The minimum Gasteiger partial charge on any atom is -0.333 e. The summed E-state index contributed by atoms with van der Waals surface area (Å²) in [6.45, 7) is 0. The predicted octanol–water partition coefficient (Wildman–Crippen LogP) is 15.2. The summed E-state index contributed by atoms with van der Waals surface area (Å²) in [7, 11) is 0. The van der Waals surface area contributed by atoms with Crippen molar-refractivity contribution in [3.8, 4) is 22.5 Å². The molecule has 2 aliphatic carbocycles. The molecule has 11 aromatic rings. The third-order valence-corrected chi connectivity index (χ3v) is 14.3. The number of para-hydroxylation sites is 5. The van der Waals surface area contributed by atoms with Gasteiger partial charge in [-0.1, -0.05) is 146 Å². The van der Waals surface area contributed by atoms with Gasteiger partial charge < -0.3 is 18.6 Å². The molecule has 4 nitrogen and oxygen atoms in total. The Morgan fingerprint density at radius 2 is 0.906 bits per heavy atom. The summed E-state index contributed by atoms with van der Waals surface area (Å²) in [5, 5.41) is 6.47. The van der Waals surface area contributed by atoms with Crippen molar-refractivity contribution in [2.75, 3.05) is 4.90 Å². The maximum absolute atomic E-state index is 2.53. The Kier molecular flexibility index (Phi) is 7.61. The smallest absolute Gasteiger partial charge is 0.0629 e. The van der Waals surface area contributed by atoms with Crippen LogP contribution in [0.15, 0.2) is 212 Å². The molecule has 0 saturated heterocycles. The number of hydrogen-bond donors (Lipinski definition) is 0. The second-order valence-electron chi connectivity index (χ2n) is 17.6. The Hall–Kier alpha value is -8.08. The van der Waals surface area contributed by atoms with Crippen LogP contribution in [0.4, 0.5) is 11.4 Å². The summed E-state index contributed by atoms with van der Waals surface area (Å²) in [4.78, 5) is 2.53. The number of anilines is 2. The van der Waals surface area contributed by atoms with Crippen LogP contribution in [0.25, 0.3) is 88.8 Å². The number of allylic oxidation sites excluding steroid dienone is 3. The SMILES string of the molecule is C1=CC2c3ccccc3N(c3ccc4c5ccccc5n(-c5ccc(-c6ccc(-n7c8c(c9ccccc97)CCC(n7c9ccccc9c9ccccc97)=C8)cc6)cc5)c4c3)C2C=C1. The fourth-order valence-electron chi connectivity index (χ4n) is 11.5. The Morgan fingerprint density at radius 1 is 0.391 bits per heavy atom. The zero-order valence-electron chi connectivity index (χ0n) is 35.1. The van der Waals surface area contributed by atoms with E-state index in [2.05, 4.69) is 237 Å². The Labute approximate surface area is 371 Å². The lowest BCUT2D eigenvalue weighted by Crippen LogP contribution is -2.28. The second kappa shape index (κ2) is 13.7. The van der Waals surface area contributed by atoms with Gasteiger partial charge in [0.1, 0.15) is 0 Å². The van der Waals surface area contributed by atoms with Crippen LogP contribution in [0, 0.1) is 0 Å². The molecule has 64 heavy (non-hydrogen) atoms. The molecule has 2 unspecified atom stereocenters. The molecule has 302 valence electrons. The van der Waals surface area contributed by atoms with Gasteiger partial charge in [0.05, 0.1) is 39.3 Å². The van der Waals surface area contributed by atoms with Gasteiger partial charge in [0.25, 0.3) is 0 Å². The van der Waals surface area contributed by atoms with Crippen molar-refractivity contribution < 1.29 is 0 Å². The van der Waals surface area contributed by atoms with Gasteiger partial charge in [-0.2, -0.15) is 0 Å². The molecule has 4 heteroatoms. The number of aryl methyl sites for hydroxylation is 1. The Morgan fingerprint density at radius 3 is 1.58 bits per heavy atom. The Balaban J connectivity index is 0.837. The van der Waals surface area contributed by atoms with E-state index in [0.717, 1.165) is 18.5 Å². The van der Waals surface area contributed by atoms with Crippen LogP contribution < -0.4 is 4.90 Å². The lowest BCUT2D eigenvalue weighted by atomic mass is 9.91. The molecule has 3 aromatic heterocycles. The van der Waals surface area contributed by atoms with Gasteiger partial charge in [-0.15, -0.1) is 0 Å². The topological polar surface area (TPSA) is 18.0 Å². The first-order valence-electron chi connectivity index (χ1n) is 22.6. The molecule has 0 bridgehead atoms. The van der Waals surface area contributed by atoms with Gasteiger partial charge in [-0.3, -0.25) is 0 Å². The van der Waals surface area contributed by atoms with Crippen molar-refractivity contribution in [3.63, 3.8) is 0 Å². The zero-order chi connectivity index (χ0) is 41.9. The third kappa shape index (κ3) is 5.11. The first kappa shape index (κ1) is 35.5. The summed E-state index contributed by atoms with van der Waals surface area (Å²) >= 11 is 0. The molecule has 0 N–H and O–H groups in total. The van der Waals surface area contributed by atoms with Crippen LogP contribution in [0.5, 0.6) is 0 Å². The molecular weight excluding hydrogens is 777 g/mol. The van der Waals surface area contributed by atoms with E-state index in [9.17, 15) is 0 Å². The molecule has 3 aliphatic rings. The largest absolute Gasteiger partial charge is 0.333 e. The van der Waals surface area contributed by atoms with Crippen molar-refractivity contribution in [2.45, 2.75) is 24.8 Å².